The summed E-state index contributed by atoms with van der Waals surface area (Å²) in [5, 5.41) is 6.04. The minimum Gasteiger partial charge on any atom is -0.386 e. The lowest BCUT2D eigenvalue weighted by atomic mass is 9.68. The monoisotopic (exact) mass is 348 g/mol. The van der Waals surface area contributed by atoms with Gasteiger partial charge in [0.1, 0.15) is 0 Å². The van der Waals surface area contributed by atoms with Gasteiger partial charge in [0.05, 0.1) is 5.69 Å². The maximum Gasteiger partial charge on any atom is 0.0744 e. The number of hydrogen-bond acceptors (Lipinski definition) is 2. The van der Waals surface area contributed by atoms with Gasteiger partial charge in [0.15, 0.2) is 0 Å². The van der Waals surface area contributed by atoms with Crippen molar-refractivity contribution in [2.75, 3.05) is 6.54 Å². The van der Waals surface area contributed by atoms with Gasteiger partial charge in [0, 0.05) is 29.2 Å². The van der Waals surface area contributed by atoms with Crippen LogP contribution in [0.15, 0.2) is 42.2 Å². The summed E-state index contributed by atoms with van der Waals surface area (Å²) in [5.41, 5.74) is 7.56. The highest BCUT2D eigenvalue weighted by atomic mass is 14.9. The van der Waals surface area contributed by atoms with Crippen molar-refractivity contribution in [3.8, 4) is 0 Å². The molecule has 1 aromatic carbocycles. The van der Waals surface area contributed by atoms with Crippen LogP contribution in [0.5, 0.6) is 0 Å². The number of likely N-dealkylation sites (N-methyl/N-ethyl adjacent to an activating group) is 1. The third kappa shape index (κ3) is 3.06. The maximum absolute atomic E-state index is 4.75. The van der Waals surface area contributed by atoms with Crippen molar-refractivity contribution in [2.24, 2.45) is 5.41 Å². The number of aromatic nitrogens is 1. The standard InChI is InChI=1S/C24H32N2/c1-9-25-16(3)21-15(2)22-20-18(10-11-26-22)12-17(14-23(4,5)6)13-19(20)24(21,7)8/h10-13,25H,3,9,14H2,1-2,4-8H3. The topological polar surface area (TPSA) is 24.9 Å². The minimum absolute atomic E-state index is 0.106. The van der Waals surface area contributed by atoms with Crippen molar-refractivity contribution in [2.45, 2.75) is 60.3 Å². The molecule has 0 saturated heterocycles. The molecule has 0 unspecified atom stereocenters. The Hall–Kier alpha value is -2.09. The van der Waals surface area contributed by atoms with Gasteiger partial charge in [-0.1, -0.05) is 53.3 Å². The molecule has 3 rings (SSSR count). The first-order chi connectivity index (χ1) is 12.1. The largest absolute Gasteiger partial charge is 0.386 e. The summed E-state index contributed by atoms with van der Waals surface area (Å²) in [6.07, 6.45) is 3.01. The van der Waals surface area contributed by atoms with Crippen LogP contribution in [0.3, 0.4) is 0 Å². The molecule has 0 fully saturated rings. The lowest BCUT2D eigenvalue weighted by molar-refractivity contribution is 0.411. The number of nitrogens with one attached hydrogen (secondary N) is 1. The highest BCUT2D eigenvalue weighted by molar-refractivity contribution is 6.00. The quantitative estimate of drug-likeness (QED) is 0.731. The van der Waals surface area contributed by atoms with E-state index >= 15 is 0 Å². The normalized spacial score (nSPS) is 16.1. The zero-order valence-corrected chi connectivity index (χ0v) is 17.4. The molecule has 0 bridgehead atoms. The van der Waals surface area contributed by atoms with E-state index in [0.29, 0.717) is 0 Å². The molecule has 1 aromatic heterocycles. The van der Waals surface area contributed by atoms with Crippen LogP contribution in [0.1, 0.15) is 65.3 Å². The van der Waals surface area contributed by atoms with Crippen LogP contribution in [0.4, 0.5) is 0 Å². The van der Waals surface area contributed by atoms with Gasteiger partial charge in [-0.3, -0.25) is 4.98 Å². The van der Waals surface area contributed by atoms with Gasteiger partial charge in [-0.05, 0) is 59.4 Å². The van der Waals surface area contributed by atoms with E-state index in [1.807, 2.05) is 6.20 Å². The van der Waals surface area contributed by atoms with Crippen molar-refractivity contribution < 1.29 is 0 Å². The predicted octanol–water partition coefficient (Wildman–Crippen LogP) is 6.01. The van der Waals surface area contributed by atoms with Crippen LogP contribution in [0, 0.1) is 5.41 Å². The second kappa shape index (κ2) is 6.26. The van der Waals surface area contributed by atoms with E-state index in [-0.39, 0.29) is 10.8 Å². The van der Waals surface area contributed by atoms with Crippen molar-refractivity contribution in [3.05, 3.63) is 59.1 Å². The second-order valence-corrected chi connectivity index (χ2v) is 9.27. The van der Waals surface area contributed by atoms with Gasteiger partial charge in [0.2, 0.25) is 0 Å². The van der Waals surface area contributed by atoms with Gasteiger partial charge < -0.3 is 5.32 Å². The average molecular weight is 349 g/mol. The SMILES string of the molecule is C=C(NCC)C1=C(C)c2nccc3cc(CC(C)(C)C)cc(c23)C1(C)C. The lowest BCUT2D eigenvalue weighted by Crippen LogP contribution is -2.31. The van der Waals surface area contributed by atoms with E-state index in [0.717, 1.165) is 24.4 Å². The highest BCUT2D eigenvalue weighted by Gasteiger charge is 2.36. The van der Waals surface area contributed by atoms with Gasteiger partial charge in [-0.15, -0.1) is 0 Å². The third-order valence-corrected chi connectivity index (χ3v) is 5.38. The molecule has 0 spiro atoms. The Kier molecular flexibility index (Phi) is 4.50. The summed E-state index contributed by atoms with van der Waals surface area (Å²) in [7, 11) is 0. The molecule has 2 nitrogen and oxygen atoms in total. The molecule has 0 atom stereocenters. The zero-order valence-electron chi connectivity index (χ0n) is 17.4. The summed E-state index contributed by atoms with van der Waals surface area (Å²) in [6.45, 7) is 21.1. The number of allylic oxidation sites excluding steroid dienone is 2. The molecule has 0 aliphatic heterocycles. The Morgan fingerprint density at radius 2 is 1.92 bits per heavy atom. The van der Waals surface area contributed by atoms with Crippen molar-refractivity contribution in [1.29, 1.82) is 0 Å². The summed E-state index contributed by atoms with van der Waals surface area (Å²) in [4.78, 5) is 4.75. The number of rotatable bonds is 4. The van der Waals surface area contributed by atoms with E-state index < -0.39 is 0 Å². The Balaban J connectivity index is 2.31. The van der Waals surface area contributed by atoms with Gasteiger partial charge in [-0.25, -0.2) is 0 Å². The molecule has 138 valence electrons. The van der Waals surface area contributed by atoms with Crippen molar-refractivity contribution >= 4 is 16.3 Å². The fourth-order valence-electron chi connectivity index (χ4n) is 4.50. The third-order valence-electron chi connectivity index (χ3n) is 5.38. The molecule has 2 aromatic rings. The van der Waals surface area contributed by atoms with Gasteiger partial charge in [0.25, 0.3) is 0 Å². The molecule has 1 N–H and O–H groups in total. The molecular weight excluding hydrogens is 316 g/mol. The molecule has 0 amide bonds. The molecular formula is C24H32N2. The lowest BCUT2D eigenvalue weighted by Gasteiger charge is -2.37. The Morgan fingerprint density at radius 1 is 1.23 bits per heavy atom. The molecule has 26 heavy (non-hydrogen) atoms. The van der Waals surface area contributed by atoms with Crippen LogP contribution in [0.25, 0.3) is 16.3 Å². The Bertz CT molecular complexity index is 908. The summed E-state index contributed by atoms with van der Waals surface area (Å²) in [5.74, 6) is 0. The Morgan fingerprint density at radius 3 is 2.54 bits per heavy atom. The van der Waals surface area contributed by atoms with E-state index in [1.165, 1.54) is 33.0 Å². The summed E-state index contributed by atoms with van der Waals surface area (Å²) >= 11 is 0. The first-order valence-corrected chi connectivity index (χ1v) is 9.63. The smallest absolute Gasteiger partial charge is 0.0744 e. The number of nitrogens with zero attached hydrogens (tertiary/aromatic N) is 1. The van der Waals surface area contributed by atoms with Crippen LogP contribution in [0.2, 0.25) is 0 Å². The van der Waals surface area contributed by atoms with Crippen LogP contribution >= 0.6 is 0 Å². The van der Waals surface area contributed by atoms with E-state index in [2.05, 4.69) is 78.6 Å². The van der Waals surface area contributed by atoms with E-state index in [1.54, 1.807) is 0 Å². The molecule has 1 aliphatic rings. The fourth-order valence-corrected chi connectivity index (χ4v) is 4.50. The summed E-state index contributed by atoms with van der Waals surface area (Å²) < 4.78 is 0. The number of benzene rings is 1. The fraction of sp³-hybridized carbons (Fsp3) is 0.458. The molecule has 0 radical (unpaired) electrons. The average Bonchev–Trinajstić information content (AvgIpc) is 2.50. The van der Waals surface area contributed by atoms with E-state index in [4.69, 9.17) is 4.98 Å². The van der Waals surface area contributed by atoms with Crippen LogP contribution in [-0.4, -0.2) is 11.5 Å². The van der Waals surface area contributed by atoms with E-state index in [9.17, 15) is 0 Å². The number of hydrogen-bond donors (Lipinski definition) is 1. The molecule has 1 heterocycles. The second-order valence-electron chi connectivity index (χ2n) is 9.27. The maximum atomic E-state index is 4.75. The van der Waals surface area contributed by atoms with Gasteiger partial charge >= 0.3 is 0 Å². The van der Waals surface area contributed by atoms with Crippen molar-refractivity contribution in [3.63, 3.8) is 0 Å². The molecule has 1 aliphatic carbocycles. The van der Waals surface area contributed by atoms with Crippen LogP contribution < -0.4 is 5.32 Å². The first kappa shape index (κ1) is 18.7. The minimum atomic E-state index is -0.106. The van der Waals surface area contributed by atoms with Crippen molar-refractivity contribution in [1.82, 2.24) is 10.3 Å². The highest BCUT2D eigenvalue weighted by Crippen LogP contribution is 2.48. The Labute approximate surface area is 158 Å². The summed E-state index contributed by atoms with van der Waals surface area (Å²) in [6, 6.07) is 6.91. The first-order valence-electron chi connectivity index (χ1n) is 9.63. The zero-order chi connectivity index (χ0) is 19.3. The molecule has 2 heteroatoms. The van der Waals surface area contributed by atoms with Gasteiger partial charge in [-0.2, -0.15) is 0 Å². The molecule has 0 saturated carbocycles. The predicted molar refractivity (Wildman–Crippen MR) is 113 cm³/mol. The van der Waals surface area contributed by atoms with Crippen LogP contribution in [-0.2, 0) is 11.8 Å². The number of pyridine rings is 1.